The van der Waals surface area contributed by atoms with E-state index in [4.69, 9.17) is 9.47 Å². The van der Waals surface area contributed by atoms with E-state index in [-0.39, 0.29) is 29.0 Å². The van der Waals surface area contributed by atoms with Crippen LogP contribution in [0.5, 0.6) is 5.75 Å². The van der Waals surface area contributed by atoms with Crippen molar-refractivity contribution in [3.63, 3.8) is 0 Å². The zero-order chi connectivity index (χ0) is 26.7. The van der Waals surface area contributed by atoms with Crippen LogP contribution in [0, 0.1) is 5.82 Å². The summed E-state index contributed by atoms with van der Waals surface area (Å²) in [5.74, 6) is -0.152. The Bertz CT molecular complexity index is 1280. The smallest absolute Gasteiger partial charge is 0.243 e. The SMILES string of the molecule is CNS(=O)(=O)c1cccc(OC[C@@H](O)CNC2COC3(CCN(S(=O)(=O)c4ccc(F)cc4)CC3)C2)c1. The molecule has 13 heteroatoms. The maximum absolute atomic E-state index is 13.2. The first-order valence-electron chi connectivity index (χ1n) is 12.0. The van der Waals surface area contributed by atoms with Crippen LogP contribution in [0.4, 0.5) is 4.39 Å². The highest BCUT2D eigenvalue weighted by molar-refractivity contribution is 7.89. The number of hydrogen-bond donors (Lipinski definition) is 3. The molecule has 1 unspecified atom stereocenters. The number of sulfonamides is 2. The van der Waals surface area contributed by atoms with E-state index in [1.165, 1.54) is 35.6 Å². The minimum atomic E-state index is -3.69. The number of aliphatic hydroxyl groups is 1. The van der Waals surface area contributed by atoms with Crippen LogP contribution < -0.4 is 14.8 Å². The van der Waals surface area contributed by atoms with E-state index in [0.717, 1.165) is 12.1 Å². The van der Waals surface area contributed by atoms with E-state index >= 15 is 0 Å². The van der Waals surface area contributed by atoms with Crippen LogP contribution in [0.3, 0.4) is 0 Å². The standard InChI is InChI=1S/C24H32FN3O7S2/c1-26-36(30,31)23-4-2-3-21(13-23)34-17-20(29)15-27-19-14-24(35-16-19)9-11-28(12-10-24)37(32,33)22-7-5-18(25)6-8-22/h2-8,13,19-20,26-27,29H,9-12,14-17H2,1H3/t19?,20-/m0/s1. The second-order valence-electron chi connectivity index (χ2n) is 9.31. The van der Waals surface area contributed by atoms with E-state index in [2.05, 4.69) is 10.0 Å². The van der Waals surface area contributed by atoms with Gasteiger partial charge in [0.2, 0.25) is 20.0 Å². The van der Waals surface area contributed by atoms with Crippen LogP contribution in [0.25, 0.3) is 0 Å². The number of nitrogens with one attached hydrogen (secondary N) is 2. The fraction of sp³-hybridized carbons (Fsp3) is 0.500. The van der Waals surface area contributed by atoms with Gasteiger partial charge in [-0.15, -0.1) is 0 Å². The number of nitrogens with zero attached hydrogens (tertiary/aromatic N) is 1. The molecule has 2 fully saturated rings. The molecule has 2 aliphatic heterocycles. The van der Waals surface area contributed by atoms with Crippen molar-refractivity contribution in [1.82, 2.24) is 14.3 Å². The van der Waals surface area contributed by atoms with Crippen LogP contribution in [-0.2, 0) is 24.8 Å². The molecule has 0 saturated carbocycles. The normalized spacial score (nSPS) is 21.2. The van der Waals surface area contributed by atoms with Gasteiger partial charge in [-0.05, 0) is 62.7 Å². The number of aliphatic hydroxyl groups excluding tert-OH is 1. The molecule has 0 aromatic heterocycles. The molecule has 2 heterocycles. The lowest BCUT2D eigenvalue weighted by Gasteiger charge is -2.38. The summed E-state index contributed by atoms with van der Waals surface area (Å²) in [6.45, 7) is 1.30. The van der Waals surface area contributed by atoms with Gasteiger partial charge in [0.25, 0.3) is 0 Å². The van der Waals surface area contributed by atoms with Crippen molar-refractivity contribution in [2.24, 2.45) is 0 Å². The average molecular weight is 558 g/mol. The Balaban J connectivity index is 1.22. The quantitative estimate of drug-likeness (QED) is 0.395. The summed E-state index contributed by atoms with van der Waals surface area (Å²) in [6, 6.07) is 10.9. The molecule has 0 bridgehead atoms. The van der Waals surface area contributed by atoms with Gasteiger partial charge in [0, 0.05) is 31.7 Å². The van der Waals surface area contributed by atoms with Crippen molar-refractivity contribution >= 4 is 20.0 Å². The Morgan fingerprint density at radius 1 is 1.14 bits per heavy atom. The Kier molecular flexibility index (Phi) is 8.53. The lowest BCUT2D eigenvalue weighted by molar-refractivity contribution is -0.0312. The predicted molar refractivity (Wildman–Crippen MR) is 134 cm³/mol. The highest BCUT2D eigenvalue weighted by Gasteiger charge is 2.44. The van der Waals surface area contributed by atoms with Crippen LogP contribution in [0.2, 0.25) is 0 Å². The van der Waals surface area contributed by atoms with E-state index in [1.54, 1.807) is 12.1 Å². The van der Waals surface area contributed by atoms with Crippen molar-refractivity contribution in [2.75, 3.05) is 39.9 Å². The number of hydrogen-bond acceptors (Lipinski definition) is 8. The molecule has 2 aromatic carbocycles. The minimum absolute atomic E-state index is 0.000921. The van der Waals surface area contributed by atoms with Crippen LogP contribution in [0.15, 0.2) is 58.3 Å². The van der Waals surface area contributed by atoms with Crippen molar-refractivity contribution in [2.45, 2.75) is 46.8 Å². The summed E-state index contributed by atoms with van der Waals surface area (Å²) >= 11 is 0. The molecular weight excluding hydrogens is 525 g/mol. The Morgan fingerprint density at radius 2 is 1.84 bits per heavy atom. The summed E-state index contributed by atoms with van der Waals surface area (Å²) in [5.41, 5.74) is -0.423. The van der Waals surface area contributed by atoms with Gasteiger partial charge in [0.15, 0.2) is 0 Å². The molecule has 2 saturated heterocycles. The van der Waals surface area contributed by atoms with Gasteiger partial charge < -0.3 is 19.9 Å². The lowest BCUT2D eigenvalue weighted by Crippen LogP contribution is -2.47. The van der Waals surface area contributed by atoms with Gasteiger partial charge in [-0.3, -0.25) is 0 Å². The second-order valence-corrected chi connectivity index (χ2v) is 13.1. The molecule has 204 valence electrons. The van der Waals surface area contributed by atoms with Crippen LogP contribution >= 0.6 is 0 Å². The monoisotopic (exact) mass is 557 g/mol. The molecule has 1 spiro atoms. The Hall–Kier alpha value is -2.13. The molecular formula is C24H32FN3O7S2. The van der Waals surface area contributed by atoms with Crippen molar-refractivity contribution < 1.29 is 35.8 Å². The number of halogens is 1. The maximum atomic E-state index is 13.2. The number of ether oxygens (including phenoxy) is 2. The molecule has 2 aromatic rings. The minimum Gasteiger partial charge on any atom is -0.491 e. The largest absolute Gasteiger partial charge is 0.491 e. The molecule has 0 radical (unpaired) electrons. The number of piperidine rings is 1. The van der Waals surface area contributed by atoms with Crippen LogP contribution in [0.1, 0.15) is 19.3 Å². The molecule has 0 aliphatic carbocycles. The van der Waals surface area contributed by atoms with Crippen molar-refractivity contribution in [3.05, 3.63) is 54.3 Å². The first-order valence-corrected chi connectivity index (χ1v) is 14.9. The third-order valence-corrected chi connectivity index (χ3v) is 10.1. The van der Waals surface area contributed by atoms with Gasteiger partial charge >= 0.3 is 0 Å². The first-order chi connectivity index (χ1) is 17.5. The Morgan fingerprint density at radius 3 is 2.51 bits per heavy atom. The summed E-state index contributed by atoms with van der Waals surface area (Å²) < 4.78 is 78.1. The zero-order valence-electron chi connectivity index (χ0n) is 20.5. The van der Waals surface area contributed by atoms with Crippen molar-refractivity contribution in [3.8, 4) is 5.75 Å². The van der Waals surface area contributed by atoms with Gasteiger partial charge in [-0.1, -0.05) is 6.07 Å². The summed E-state index contributed by atoms with van der Waals surface area (Å²) in [6.07, 6.45) is 0.949. The third-order valence-electron chi connectivity index (χ3n) is 6.76. The summed E-state index contributed by atoms with van der Waals surface area (Å²) in [7, 11) is -5.95. The topological polar surface area (TPSA) is 134 Å². The number of benzene rings is 2. The van der Waals surface area contributed by atoms with E-state index in [0.29, 0.717) is 44.7 Å². The molecule has 0 amide bonds. The molecule has 3 N–H and O–H groups in total. The number of rotatable bonds is 10. The molecule has 4 rings (SSSR count). The molecule has 2 aliphatic rings. The summed E-state index contributed by atoms with van der Waals surface area (Å²) in [5, 5.41) is 13.6. The molecule has 2 atom stereocenters. The second kappa shape index (κ2) is 11.3. The average Bonchev–Trinajstić information content (AvgIpc) is 3.29. The van der Waals surface area contributed by atoms with Gasteiger partial charge in [0.1, 0.15) is 24.3 Å². The van der Waals surface area contributed by atoms with E-state index in [1.807, 2.05) is 0 Å². The fourth-order valence-corrected chi connectivity index (χ4v) is 6.82. The van der Waals surface area contributed by atoms with E-state index < -0.39 is 37.6 Å². The Labute approximate surface area is 216 Å². The fourth-order valence-electron chi connectivity index (χ4n) is 4.62. The molecule has 10 nitrogen and oxygen atoms in total. The van der Waals surface area contributed by atoms with Crippen LogP contribution in [-0.4, -0.2) is 83.9 Å². The lowest BCUT2D eigenvalue weighted by atomic mass is 9.88. The zero-order valence-corrected chi connectivity index (χ0v) is 22.1. The van der Waals surface area contributed by atoms with Crippen molar-refractivity contribution in [1.29, 1.82) is 0 Å². The third kappa shape index (κ3) is 6.66. The first kappa shape index (κ1) is 27.9. The van der Waals surface area contributed by atoms with Gasteiger partial charge in [-0.2, -0.15) is 4.31 Å². The maximum Gasteiger partial charge on any atom is 0.243 e. The van der Waals surface area contributed by atoms with Gasteiger partial charge in [0.05, 0.1) is 22.0 Å². The summed E-state index contributed by atoms with van der Waals surface area (Å²) in [4.78, 5) is 0.147. The predicted octanol–water partition coefficient (Wildman–Crippen LogP) is 1.08. The highest BCUT2D eigenvalue weighted by Crippen LogP contribution is 2.37. The van der Waals surface area contributed by atoms with E-state index in [9.17, 15) is 26.3 Å². The van der Waals surface area contributed by atoms with Gasteiger partial charge in [-0.25, -0.2) is 25.9 Å². The highest BCUT2D eigenvalue weighted by atomic mass is 32.2. The molecule has 37 heavy (non-hydrogen) atoms.